The minimum atomic E-state index is -1.10. The zero-order valence-electron chi connectivity index (χ0n) is 24.9. The second-order valence-electron chi connectivity index (χ2n) is 12.9. The predicted octanol–water partition coefficient (Wildman–Crippen LogP) is 2.36. The number of ether oxygens (including phenoxy) is 1. The lowest BCUT2D eigenvalue weighted by molar-refractivity contribution is -0.144. The Morgan fingerprint density at radius 1 is 1.05 bits per heavy atom. The van der Waals surface area contributed by atoms with Crippen LogP contribution in [0.5, 0.6) is 0 Å². The zero-order chi connectivity index (χ0) is 30.2. The van der Waals surface area contributed by atoms with E-state index >= 15 is 0 Å². The van der Waals surface area contributed by atoms with Crippen molar-refractivity contribution in [3.05, 3.63) is 35.4 Å². The summed E-state index contributed by atoms with van der Waals surface area (Å²) in [6, 6.07) is 5.20. The van der Waals surface area contributed by atoms with E-state index in [1.165, 1.54) is 0 Å². The van der Waals surface area contributed by atoms with Crippen LogP contribution in [-0.2, 0) is 36.8 Å². The SMILES string of the molecule is CCCC(NC(=O)[C@@H]1[C@@H]2[C@H](CN1C(=O)C(NC(=O)OC(C)C(C)C)C1Cc3ccccc3C1)C2(C)C)C(=O)C(N)=O. The number of rotatable bonds is 11. The first-order valence-corrected chi connectivity index (χ1v) is 14.8. The van der Waals surface area contributed by atoms with Crippen LogP contribution in [-0.4, -0.2) is 65.3 Å². The Kier molecular flexibility index (Phi) is 8.80. The molecule has 1 heterocycles. The number of primary amides is 1. The molecule has 1 aromatic rings. The van der Waals surface area contributed by atoms with Crippen molar-refractivity contribution < 1.29 is 28.7 Å². The van der Waals surface area contributed by atoms with Gasteiger partial charge in [-0.05, 0) is 66.4 Å². The molecule has 0 spiro atoms. The maximum Gasteiger partial charge on any atom is 0.408 e. The van der Waals surface area contributed by atoms with E-state index in [4.69, 9.17) is 10.5 Å². The lowest BCUT2D eigenvalue weighted by atomic mass is 9.93. The van der Waals surface area contributed by atoms with E-state index in [9.17, 15) is 24.0 Å². The van der Waals surface area contributed by atoms with E-state index in [1.54, 1.807) is 4.90 Å². The summed E-state index contributed by atoms with van der Waals surface area (Å²) in [4.78, 5) is 66.7. The third-order valence-corrected chi connectivity index (χ3v) is 9.54. The summed E-state index contributed by atoms with van der Waals surface area (Å²) >= 11 is 0. The van der Waals surface area contributed by atoms with Gasteiger partial charge >= 0.3 is 6.09 Å². The number of nitrogens with two attached hydrogens (primary N) is 1. The lowest BCUT2D eigenvalue weighted by Crippen LogP contribution is -2.59. The molecular formula is C31H44N4O6. The number of alkyl carbamates (subject to hydrolysis) is 1. The van der Waals surface area contributed by atoms with Gasteiger partial charge < -0.3 is 26.0 Å². The van der Waals surface area contributed by atoms with Crippen LogP contribution in [0.2, 0.25) is 0 Å². The molecule has 0 aromatic heterocycles. The lowest BCUT2D eigenvalue weighted by Gasteiger charge is -2.35. The molecule has 224 valence electrons. The number of benzene rings is 1. The fraction of sp³-hybridized carbons (Fsp3) is 0.645. The van der Waals surface area contributed by atoms with E-state index in [2.05, 4.69) is 24.5 Å². The fourth-order valence-corrected chi connectivity index (χ4v) is 6.65. The quantitative estimate of drug-likeness (QED) is 0.349. The number of amides is 4. The Hall–Kier alpha value is -3.43. The van der Waals surface area contributed by atoms with Crippen molar-refractivity contribution in [3.8, 4) is 0 Å². The van der Waals surface area contributed by atoms with Gasteiger partial charge in [-0.25, -0.2) is 4.79 Å². The van der Waals surface area contributed by atoms with Crippen molar-refractivity contribution in [1.29, 1.82) is 0 Å². The second kappa shape index (κ2) is 11.8. The Morgan fingerprint density at radius 2 is 1.66 bits per heavy atom. The zero-order valence-corrected chi connectivity index (χ0v) is 24.9. The summed E-state index contributed by atoms with van der Waals surface area (Å²) in [6.45, 7) is 12.0. The molecule has 1 aliphatic heterocycles. The van der Waals surface area contributed by atoms with Crippen LogP contribution in [0.3, 0.4) is 0 Å². The van der Waals surface area contributed by atoms with Gasteiger partial charge in [-0.3, -0.25) is 19.2 Å². The number of piperidine rings is 1. The predicted molar refractivity (Wildman–Crippen MR) is 152 cm³/mol. The fourth-order valence-electron chi connectivity index (χ4n) is 6.65. The van der Waals surface area contributed by atoms with E-state index in [0.29, 0.717) is 25.8 Å². The molecule has 1 aromatic carbocycles. The summed E-state index contributed by atoms with van der Waals surface area (Å²) in [5.74, 6) is -2.88. The standard InChI is InChI=1S/C31H44N4O6/c1-7-10-22(26(36)27(32)37)33-28(38)25-23-21(31(23,5)6)15-35(25)29(39)24(34-30(40)41-17(4)16(2)3)20-13-18-11-8-9-12-19(18)14-20/h8-9,11-12,16-17,20-25H,7,10,13-15H2,1-6H3,(H2,32,37)(H,33,38)(H,34,40)/t17?,21-,22?,23-,24?,25-/m0/s1. The normalized spacial score (nSPS) is 24.6. The number of nitrogens with zero attached hydrogens (tertiary/aromatic N) is 1. The van der Waals surface area contributed by atoms with E-state index in [0.717, 1.165) is 11.1 Å². The van der Waals surface area contributed by atoms with Crippen LogP contribution in [0.25, 0.3) is 0 Å². The summed E-state index contributed by atoms with van der Waals surface area (Å²) in [6.07, 6.45) is 1.03. The van der Waals surface area contributed by atoms with Crippen molar-refractivity contribution in [3.63, 3.8) is 0 Å². The van der Waals surface area contributed by atoms with E-state index < -0.39 is 41.8 Å². The molecule has 2 fully saturated rings. The van der Waals surface area contributed by atoms with Gasteiger partial charge in [0.1, 0.15) is 18.2 Å². The molecule has 0 bridgehead atoms. The molecule has 1 saturated carbocycles. The molecule has 10 heteroatoms. The van der Waals surface area contributed by atoms with Gasteiger partial charge in [0.15, 0.2) is 0 Å². The van der Waals surface area contributed by atoms with Crippen LogP contribution in [0, 0.1) is 29.1 Å². The summed E-state index contributed by atoms with van der Waals surface area (Å²) in [7, 11) is 0. The first-order chi connectivity index (χ1) is 19.3. The molecule has 2 aliphatic carbocycles. The highest BCUT2D eigenvalue weighted by atomic mass is 16.6. The maximum atomic E-state index is 14.3. The minimum absolute atomic E-state index is 0.103. The van der Waals surface area contributed by atoms with Crippen molar-refractivity contribution >= 4 is 29.6 Å². The average Bonchev–Trinajstić information content (AvgIpc) is 3.29. The van der Waals surface area contributed by atoms with E-state index in [1.807, 2.05) is 52.0 Å². The smallest absolute Gasteiger partial charge is 0.408 e. The molecule has 3 aliphatic rings. The summed E-state index contributed by atoms with van der Waals surface area (Å²) in [5, 5.41) is 5.59. The van der Waals surface area contributed by atoms with Crippen LogP contribution in [0.4, 0.5) is 4.79 Å². The molecule has 4 N–H and O–H groups in total. The molecule has 4 rings (SSSR count). The number of carbonyl (C=O) groups is 5. The van der Waals surface area contributed by atoms with Gasteiger partial charge in [-0.15, -0.1) is 0 Å². The van der Waals surface area contributed by atoms with Gasteiger partial charge in [0, 0.05) is 6.54 Å². The van der Waals surface area contributed by atoms with Gasteiger partial charge in [-0.2, -0.15) is 0 Å². The van der Waals surface area contributed by atoms with Crippen LogP contribution in [0.1, 0.15) is 65.5 Å². The Balaban J connectivity index is 1.60. The molecule has 6 atom stereocenters. The van der Waals surface area contributed by atoms with E-state index in [-0.39, 0.29) is 47.5 Å². The highest BCUT2D eigenvalue weighted by Crippen LogP contribution is 2.65. The minimum Gasteiger partial charge on any atom is -0.446 e. The van der Waals surface area contributed by atoms with Gasteiger partial charge in [0.25, 0.3) is 5.91 Å². The molecule has 10 nitrogen and oxygen atoms in total. The van der Waals surface area contributed by atoms with Crippen LogP contribution < -0.4 is 16.4 Å². The van der Waals surface area contributed by atoms with Crippen molar-refractivity contribution in [2.75, 3.05) is 6.54 Å². The highest BCUT2D eigenvalue weighted by molar-refractivity contribution is 6.37. The van der Waals surface area contributed by atoms with Crippen molar-refractivity contribution in [2.24, 2.45) is 34.8 Å². The van der Waals surface area contributed by atoms with Crippen LogP contribution in [0.15, 0.2) is 24.3 Å². The van der Waals surface area contributed by atoms with Crippen molar-refractivity contribution in [1.82, 2.24) is 15.5 Å². The number of ketones is 1. The Bertz CT molecular complexity index is 1190. The molecule has 0 radical (unpaired) electrons. The number of hydrogen-bond donors (Lipinski definition) is 3. The molecule has 1 saturated heterocycles. The third kappa shape index (κ3) is 6.11. The number of carbonyl (C=O) groups excluding carboxylic acids is 5. The molecule has 4 amide bonds. The summed E-state index contributed by atoms with van der Waals surface area (Å²) < 4.78 is 5.58. The molecule has 41 heavy (non-hydrogen) atoms. The molecular weight excluding hydrogens is 524 g/mol. The Morgan fingerprint density at radius 3 is 2.20 bits per heavy atom. The number of hydrogen-bond acceptors (Lipinski definition) is 6. The van der Waals surface area contributed by atoms with Gasteiger partial charge in [0.2, 0.25) is 17.6 Å². The van der Waals surface area contributed by atoms with Crippen LogP contribution >= 0.6 is 0 Å². The first kappa shape index (κ1) is 30.5. The topological polar surface area (TPSA) is 148 Å². The monoisotopic (exact) mass is 568 g/mol. The Labute approximate surface area is 242 Å². The van der Waals surface area contributed by atoms with Gasteiger partial charge in [0.05, 0.1) is 6.04 Å². The maximum absolute atomic E-state index is 14.3. The number of nitrogens with one attached hydrogen (secondary N) is 2. The highest BCUT2D eigenvalue weighted by Gasteiger charge is 2.69. The number of fused-ring (bicyclic) bond motifs is 2. The second-order valence-corrected chi connectivity index (χ2v) is 12.9. The third-order valence-electron chi connectivity index (χ3n) is 9.54. The average molecular weight is 569 g/mol. The number of Topliss-reactive ketones (excluding diaryl/α,β-unsaturated/α-hetero) is 1. The van der Waals surface area contributed by atoms with Crippen molar-refractivity contribution in [2.45, 2.75) is 91.5 Å². The van der Waals surface area contributed by atoms with Gasteiger partial charge in [-0.1, -0.05) is 65.3 Å². The number of likely N-dealkylation sites (tertiary alicyclic amines) is 1. The largest absolute Gasteiger partial charge is 0.446 e. The summed E-state index contributed by atoms with van der Waals surface area (Å²) in [5.41, 5.74) is 7.34. The molecule has 3 unspecified atom stereocenters. The first-order valence-electron chi connectivity index (χ1n) is 14.8.